The Kier molecular flexibility index (Phi) is 6.71. The summed E-state index contributed by atoms with van der Waals surface area (Å²) in [7, 11) is 0. The molecule has 0 bridgehead atoms. The van der Waals surface area contributed by atoms with E-state index in [1.165, 1.54) is 12.1 Å². The van der Waals surface area contributed by atoms with Gasteiger partial charge in [-0.05, 0) is 43.4 Å². The summed E-state index contributed by atoms with van der Waals surface area (Å²) in [6, 6.07) is 6.89. The molecule has 2 saturated heterocycles. The standard InChI is InChI=1S/C21H32FN3O2/c1-2-9-21(16-26)10-13-25(15-21)20(27)23-19-7-11-24(12-8-19)14-17-3-5-18(22)6-4-17/h3-6,19,26H,2,7-16H2,1H3,(H,23,27). The summed E-state index contributed by atoms with van der Waals surface area (Å²) in [5.41, 5.74) is 1.01. The van der Waals surface area contributed by atoms with Crippen molar-refractivity contribution in [1.29, 1.82) is 0 Å². The summed E-state index contributed by atoms with van der Waals surface area (Å²) < 4.78 is 13.0. The largest absolute Gasteiger partial charge is 0.396 e. The number of aliphatic hydroxyl groups is 1. The molecule has 1 atom stereocenters. The van der Waals surface area contributed by atoms with Gasteiger partial charge in [-0.3, -0.25) is 4.90 Å². The summed E-state index contributed by atoms with van der Waals surface area (Å²) in [5.74, 6) is -0.203. The summed E-state index contributed by atoms with van der Waals surface area (Å²) >= 11 is 0. The van der Waals surface area contributed by atoms with Gasteiger partial charge in [0.2, 0.25) is 0 Å². The molecule has 0 aliphatic carbocycles. The molecule has 1 unspecified atom stereocenters. The van der Waals surface area contributed by atoms with Crippen LogP contribution in [0.1, 0.15) is 44.6 Å². The summed E-state index contributed by atoms with van der Waals surface area (Å²) in [4.78, 5) is 16.8. The van der Waals surface area contributed by atoms with Crippen molar-refractivity contribution in [1.82, 2.24) is 15.1 Å². The molecule has 0 aromatic heterocycles. The van der Waals surface area contributed by atoms with Gasteiger partial charge in [-0.1, -0.05) is 25.5 Å². The summed E-state index contributed by atoms with van der Waals surface area (Å²) in [5, 5.41) is 12.9. The van der Waals surface area contributed by atoms with Crippen molar-refractivity contribution in [2.24, 2.45) is 5.41 Å². The van der Waals surface area contributed by atoms with Crippen molar-refractivity contribution in [2.45, 2.75) is 51.6 Å². The molecular formula is C21H32FN3O2. The maximum atomic E-state index is 13.0. The average Bonchev–Trinajstić information content (AvgIpc) is 3.10. The monoisotopic (exact) mass is 377 g/mol. The molecule has 2 heterocycles. The van der Waals surface area contributed by atoms with Crippen LogP contribution in [0.4, 0.5) is 9.18 Å². The van der Waals surface area contributed by atoms with E-state index in [9.17, 15) is 14.3 Å². The zero-order chi connectivity index (χ0) is 19.3. The first-order valence-electron chi connectivity index (χ1n) is 10.2. The van der Waals surface area contributed by atoms with E-state index in [1.54, 1.807) is 0 Å². The summed E-state index contributed by atoms with van der Waals surface area (Å²) in [6.45, 7) is 6.36. The van der Waals surface area contributed by atoms with E-state index in [2.05, 4.69) is 17.1 Å². The Bertz CT molecular complexity index is 616. The Balaban J connectivity index is 1.42. The van der Waals surface area contributed by atoms with Crippen LogP contribution in [0.25, 0.3) is 0 Å². The predicted molar refractivity (Wildman–Crippen MR) is 104 cm³/mol. The van der Waals surface area contributed by atoms with Crippen molar-refractivity contribution in [2.75, 3.05) is 32.8 Å². The minimum absolute atomic E-state index is 0.0124. The maximum Gasteiger partial charge on any atom is 0.317 e. The molecule has 2 aliphatic heterocycles. The lowest BCUT2D eigenvalue weighted by Gasteiger charge is -2.33. The van der Waals surface area contributed by atoms with Gasteiger partial charge in [0.05, 0.1) is 6.61 Å². The van der Waals surface area contributed by atoms with Crippen LogP contribution in [-0.2, 0) is 6.54 Å². The van der Waals surface area contributed by atoms with Crippen molar-refractivity contribution in [3.63, 3.8) is 0 Å². The molecule has 1 aromatic carbocycles. The van der Waals surface area contributed by atoms with Gasteiger partial charge in [0.15, 0.2) is 0 Å². The van der Waals surface area contributed by atoms with Crippen LogP contribution in [0.5, 0.6) is 0 Å². The number of nitrogens with one attached hydrogen (secondary N) is 1. The number of piperidine rings is 1. The van der Waals surface area contributed by atoms with Gasteiger partial charge in [-0.25, -0.2) is 9.18 Å². The Hall–Kier alpha value is -1.66. The van der Waals surface area contributed by atoms with Crippen LogP contribution in [-0.4, -0.2) is 59.8 Å². The fourth-order valence-electron chi connectivity index (χ4n) is 4.40. The average molecular weight is 378 g/mol. The second kappa shape index (κ2) is 9.02. The molecule has 2 aliphatic rings. The molecule has 0 saturated carbocycles. The third-order valence-corrected chi connectivity index (χ3v) is 6.08. The molecule has 27 heavy (non-hydrogen) atoms. The van der Waals surface area contributed by atoms with Gasteiger partial charge in [0.1, 0.15) is 5.82 Å². The molecule has 2 fully saturated rings. The Morgan fingerprint density at radius 2 is 1.96 bits per heavy atom. The number of hydrogen-bond acceptors (Lipinski definition) is 3. The molecule has 3 rings (SSSR count). The zero-order valence-electron chi connectivity index (χ0n) is 16.3. The van der Waals surface area contributed by atoms with Crippen LogP contribution in [0.2, 0.25) is 0 Å². The topological polar surface area (TPSA) is 55.8 Å². The Morgan fingerprint density at radius 1 is 1.26 bits per heavy atom. The molecule has 5 nitrogen and oxygen atoms in total. The summed E-state index contributed by atoms with van der Waals surface area (Å²) in [6.07, 6.45) is 4.75. The van der Waals surface area contributed by atoms with Gasteiger partial charge in [0.25, 0.3) is 0 Å². The molecular weight excluding hydrogens is 345 g/mol. The quantitative estimate of drug-likeness (QED) is 0.801. The number of benzene rings is 1. The number of halogens is 1. The van der Waals surface area contributed by atoms with Crippen LogP contribution in [0.15, 0.2) is 24.3 Å². The lowest BCUT2D eigenvalue weighted by atomic mass is 9.83. The van der Waals surface area contributed by atoms with Crippen molar-refractivity contribution in [3.05, 3.63) is 35.6 Å². The van der Waals surface area contributed by atoms with Crippen LogP contribution in [0.3, 0.4) is 0 Å². The second-order valence-corrected chi connectivity index (χ2v) is 8.21. The van der Waals surface area contributed by atoms with E-state index < -0.39 is 0 Å². The fourth-order valence-corrected chi connectivity index (χ4v) is 4.40. The molecule has 0 radical (unpaired) electrons. The van der Waals surface area contributed by atoms with Crippen LogP contribution >= 0.6 is 0 Å². The number of amides is 2. The van der Waals surface area contributed by atoms with Gasteiger partial charge >= 0.3 is 6.03 Å². The van der Waals surface area contributed by atoms with Crippen molar-refractivity contribution >= 4 is 6.03 Å². The zero-order valence-corrected chi connectivity index (χ0v) is 16.3. The maximum absolute atomic E-state index is 13.0. The first kappa shape index (κ1) is 20.1. The number of nitrogens with zero attached hydrogens (tertiary/aromatic N) is 2. The fraction of sp³-hybridized carbons (Fsp3) is 0.667. The van der Waals surface area contributed by atoms with Gasteiger partial charge in [-0.2, -0.15) is 0 Å². The highest BCUT2D eigenvalue weighted by molar-refractivity contribution is 5.75. The normalized spacial score (nSPS) is 24.3. The minimum Gasteiger partial charge on any atom is -0.396 e. The molecule has 150 valence electrons. The first-order valence-corrected chi connectivity index (χ1v) is 10.2. The van der Waals surface area contributed by atoms with Gasteiger partial charge < -0.3 is 15.3 Å². The number of likely N-dealkylation sites (tertiary alicyclic amines) is 2. The molecule has 0 spiro atoms. The highest BCUT2D eigenvalue weighted by Gasteiger charge is 2.39. The number of hydrogen-bond donors (Lipinski definition) is 2. The molecule has 6 heteroatoms. The van der Waals surface area contributed by atoms with E-state index in [1.807, 2.05) is 17.0 Å². The first-order chi connectivity index (χ1) is 13.0. The number of urea groups is 1. The van der Waals surface area contributed by atoms with E-state index >= 15 is 0 Å². The molecule has 2 N–H and O–H groups in total. The van der Waals surface area contributed by atoms with Crippen LogP contribution in [0, 0.1) is 11.2 Å². The van der Waals surface area contributed by atoms with Gasteiger partial charge in [-0.15, -0.1) is 0 Å². The third kappa shape index (κ3) is 5.20. The SMILES string of the molecule is CCCC1(CO)CCN(C(=O)NC2CCN(Cc3ccc(F)cc3)CC2)C1. The highest BCUT2D eigenvalue weighted by Crippen LogP contribution is 2.34. The minimum atomic E-state index is -0.203. The Morgan fingerprint density at radius 3 is 2.59 bits per heavy atom. The van der Waals surface area contributed by atoms with E-state index in [4.69, 9.17) is 0 Å². The van der Waals surface area contributed by atoms with E-state index in [-0.39, 0.29) is 29.9 Å². The van der Waals surface area contributed by atoms with E-state index in [0.29, 0.717) is 6.54 Å². The lowest BCUT2D eigenvalue weighted by Crippen LogP contribution is -2.49. The van der Waals surface area contributed by atoms with Crippen molar-refractivity contribution < 1.29 is 14.3 Å². The van der Waals surface area contributed by atoms with Crippen LogP contribution < -0.4 is 5.32 Å². The van der Waals surface area contributed by atoms with Gasteiger partial charge in [0, 0.05) is 44.2 Å². The number of aliphatic hydroxyl groups excluding tert-OH is 1. The number of carbonyl (C=O) groups excluding carboxylic acids is 1. The highest BCUT2D eigenvalue weighted by atomic mass is 19.1. The molecule has 1 aromatic rings. The Labute approximate surface area is 161 Å². The van der Waals surface area contributed by atoms with E-state index in [0.717, 1.165) is 63.8 Å². The number of carbonyl (C=O) groups is 1. The lowest BCUT2D eigenvalue weighted by molar-refractivity contribution is 0.119. The smallest absolute Gasteiger partial charge is 0.317 e. The third-order valence-electron chi connectivity index (χ3n) is 6.08. The second-order valence-electron chi connectivity index (χ2n) is 8.21. The number of rotatable bonds is 6. The predicted octanol–water partition coefficient (Wildman–Crippen LogP) is 2.98. The van der Waals surface area contributed by atoms with Crippen molar-refractivity contribution in [3.8, 4) is 0 Å². The molecule has 2 amide bonds.